The molecule has 2 aromatic heterocycles. The molecule has 0 unspecified atom stereocenters. The van der Waals surface area contributed by atoms with Gasteiger partial charge in [-0.3, -0.25) is 19.2 Å². The number of rotatable bonds is 4. The Bertz CT molecular complexity index is 798. The van der Waals surface area contributed by atoms with Crippen molar-refractivity contribution in [2.24, 2.45) is 7.05 Å². The SMILES string of the molecule is Cn1ncc(C(=O)N2CCN(CC(=O)N3CCCC3)CC2)c1-n1cccc1. The van der Waals surface area contributed by atoms with Gasteiger partial charge >= 0.3 is 0 Å². The fraction of sp³-hybridized carbons (Fsp3) is 0.526. The summed E-state index contributed by atoms with van der Waals surface area (Å²) >= 11 is 0. The molecular formula is C19H26N6O2. The zero-order valence-corrected chi connectivity index (χ0v) is 15.8. The van der Waals surface area contributed by atoms with Gasteiger partial charge in [-0.1, -0.05) is 0 Å². The van der Waals surface area contributed by atoms with E-state index in [1.807, 2.05) is 45.9 Å². The molecule has 0 radical (unpaired) electrons. The second-order valence-corrected chi connectivity index (χ2v) is 7.25. The summed E-state index contributed by atoms with van der Waals surface area (Å²) in [7, 11) is 1.84. The summed E-state index contributed by atoms with van der Waals surface area (Å²) in [5, 5.41) is 4.27. The third-order valence-electron chi connectivity index (χ3n) is 5.46. The molecule has 0 aliphatic carbocycles. The molecule has 0 bridgehead atoms. The summed E-state index contributed by atoms with van der Waals surface area (Å²) in [6.07, 6.45) is 7.69. The standard InChI is InChI=1S/C19H26N6O2/c1-21-18(24-8-4-5-9-24)16(14-20-21)19(27)25-12-10-22(11-13-25)15-17(26)23-6-2-3-7-23/h4-5,8-9,14H,2-3,6-7,10-13,15H2,1H3. The highest BCUT2D eigenvalue weighted by molar-refractivity contribution is 5.97. The van der Waals surface area contributed by atoms with Gasteiger partial charge in [0.15, 0.2) is 0 Å². The van der Waals surface area contributed by atoms with Crippen molar-refractivity contribution in [2.75, 3.05) is 45.8 Å². The van der Waals surface area contributed by atoms with Crippen molar-refractivity contribution in [3.05, 3.63) is 36.3 Å². The Kier molecular flexibility index (Phi) is 4.98. The first-order valence-electron chi connectivity index (χ1n) is 9.58. The van der Waals surface area contributed by atoms with Crippen LogP contribution in [-0.4, -0.2) is 86.7 Å². The average Bonchev–Trinajstić information content (AvgIpc) is 3.43. The van der Waals surface area contributed by atoms with Crippen LogP contribution in [0.15, 0.2) is 30.7 Å². The molecule has 2 amide bonds. The number of hydrogen-bond donors (Lipinski definition) is 0. The predicted molar refractivity (Wildman–Crippen MR) is 101 cm³/mol. The summed E-state index contributed by atoms with van der Waals surface area (Å²) in [4.78, 5) is 31.3. The third-order valence-corrected chi connectivity index (χ3v) is 5.46. The van der Waals surface area contributed by atoms with Crippen molar-refractivity contribution in [3.8, 4) is 5.82 Å². The van der Waals surface area contributed by atoms with Crippen LogP contribution < -0.4 is 0 Å². The third kappa shape index (κ3) is 3.62. The topological polar surface area (TPSA) is 66.6 Å². The highest BCUT2D eigenvalue weighted by atomic mass is 16.2. The Morgan fingerprint density at radius 1 is 0.963 bits per heavy atom. The number of piperazine rings is 1. The minimum absolute atomic E-state index is 0.00248. The Balaban J connectivity index is 1.37. The zero-order valence-electron chi connectivity index (χ0n) is 15.8. The van der Waals surface area contributed by atoms with Crippen molar-refractivity contribution >= 4 is 11.8 Å². The number of carbonyl (C=O) groups is 2. The van der Waals surface area contributed by atoms with E-state index in [2.05, 4.69) is 10.00 Å². The molecule has 2 saturated heterocycles. The lowest BCUT2D eigenvalue weighted by Gasteiger charge is -2.35. The van der Waals surface area contributed by atoms with Gasteiger partial charge in [0, 0.05) is 58.7 Å². The van der Waals surface area contributed by atoms with E-state index < -0.39 is 0 Å². The van der Waals surface area contributed by atoms with Crippen LogP contribution in [0.4, 0.5) is 0 Å². The van der Waals surface area contributed by atoms with Crippen LogP contribution in [0, 0.1) is 0 Å². The van der Waals surface area contributed by atoms with Gasteiger partial charge in [-0.2, -0.15) is 5.10 Å². The molecule has 2 aliphatic rings. The fourth-order valence-electron chi connectivity index (χ4n) is 3.90. The summed E-state index contributed by atoms with van der Waals surface area (Å²) in [6.45, 7) is 4.96. The molecule has 27 heavy (non-hydrogen) atoms. The molecule has 0 saturated carbocycles. The Morgan fingerprint density at radius 2 is 1.63 bits per heavy atom. The van der Waals surface area contributed by atoms with E-state index in [1.165, 1.54) is 0 Å². The number of aromatic nitrogens is 3. The first kappa shape index (κ1) is 17.8. The van der Waals surface area contributed by atoms with E-state index in [-0.39, 0.29) is 11.8 Å². The number of amides is 2. The molecule has 0 aromatic carbocycles. The lowest BCUT2D eigenvalue weighted by molar-refractivity contribution is -0.131. The van der Waals surface area contributed by atoms with E-state index in [9.17, 15) is 9.59 Å². The number of hydrogen-bond acceptors (Lipinski definition) is 4. The maximum Gasteiger partial charge on any atom is 0.259 e. The number of carbonyl (C=O) groups excluding carboxylic acids is 2. The molecule has 8 nitrogen and oxygen atoms in total. The summed E-state index contributed by atoms with van der Waals surface area (Å²) in [5.74, 6) is 0.989. The Labute approximate surface area is 158 Å². The largest absolute Gasteiger partial charge is 0.342 e. The van der Waals surface area contributed by atoms with Gasteiger partial charge < -0.3 is 14.4 Å². The molecule has 8 heteroatoms. The maximum atomic E-state index is 13.0. The lowest BCUT2D eigenvalue weighted by Crippen LogP contribution is -2.51. The second kappa shape index (κ2) is 7.56. The molecule has 0 atom stereocenters. The fourth-order valence-corrected chi connectivity index (χ4v) is 3.90. The van der Waals surface area contributed by atoms with Crippen molar-refractivity contribution in [3.63, 3.8) is 0 Å². The summed E-state index contributed by atoms with van der Waals surface area (Å²) in [6, 6.07) is 3.86. The highest BCUT2D eigenvalue weighted by Gasteiger charge is 2.28. The van der Waals surface area contributed by atoms with Crippen LogP contribution in [0.25, 0.3) is 5.82 Å². The van der Waals surface area contributed by atoms with E-state index in [0.717, 1.165) is 44.8 Å². The van der Waals surface area contributed by atoms with Crippen molar-refractivity contribution in [2.45, 2.75) is 12.8 Å². The van der Waals surface area contributed by atoms with Crippen LogP contribution in [0.1, 0.15) is 23.2 Å². The van der Waals surface area contributed by atoms with E-state index in [4.69, 9.17) is 0 Å². The minimum Gasteiger partial charge on any atom is -0.342 e. The van der Waals surface area contributed by atoms with E-state index in [0.29, 0.717) is 25.2 Å². The summed E-state index contributed by atoms with van der Waals surface area (Å²) < 4.78 is 3.63. The van der Waals surface area contributed by atoms with Crippen LogP contribution in [0.3, 0.4) is 0 Å². The van der Waals surface area contributed by atoms with Crippen LogP contribution in [0.2, 0.25) is 0 Å². The van der Waals surface area contributed by atoms with Gasteiger partial charge in [0.05, 0.1) is 12.7 Å². The van der Waals surface area contributed by atoms with Gasteiger partial charge in [0.1, 0.15) is 11.4 Å². The molecule has 2 aliphatic heterocycles. The van der Waals surface area contributed by atoms with Crippen molar-refractivity contribution < 1.29 is 9.59 Å². The number of nitrogens with zero attached hydrogens (tertiary/aromatic N) is 6. The number of likely N-dealkylation sites (tertiary alicyclic amines) is 1. The molecule has 2 fully saturated rings. The smallest absolute Gasteiger partial charge is 0.259 e. The van der Waals surface area contributed by atoms with E-state index >= 15 is 0 Å². The Hall–Kier alpha value is -2.61. The maximum absolute atomic E-state index is 13.0. The van der Waals surface area contributed by atoms with Gasteiger partial charge in [0.25, 0.3) is 5.91 Å². The minimum atomic E-state index is -0.00248. The molecule has 4 heterocycles. The van der Waals surface area contributed by atoms with Gasteiger partial charge in [0.2, 0.25) is 5.91 Å². The molecule has 0 N–H and O–H groups in total. The average molecular weight is 370 g/mol. The first-order chi connectivity index (χ1) is 13.1. The van der Waals surface area contributed by atoms with Crippen molar-refractivity contribution in [1.82, 2.24) is 29.0 Å². The quantitative estimate of drug-likeness (QED) is 0.790. The zero-order chi connectivity index (χ0) is 18.8. The first-order valence-corrected chi connectivity index (χ1v) is 9.58. The molecule has 0 spiro atoms. The van der Waals surface area contributed by atoms with E-state index in [1.54, 1.807) is 10.9 Å². The normalized spacial score (nSPS) is 18.3. The molecule has 2 aromatic rings. The predicted octanol–water partition coefficient (Wildman–Crippen LogP) is 0.591. The van der Waals surface area contributed by atoms with Gasteiger partial charge in [-0.05, 0) is 25.0 Å². The molecular weight excluding hydrogens is 344 g/mol. The number of aryl methyl sites for hydroxylation is 1. The highest BCUT2D eigenvalue weighted by Crippen LogP contribution is 2.17. The van der Waals surface area contributed by atoms with Crippen molar-refractivity contribution in [1.29, 1.82) is 0 Å². The Morgan fingerprint density at radius 3 is 2.30 bits per heavy atom. The molecule has 4 rings (SSSR count). The monoisotopic (exact) mass is 370 g/mol. The molecule has 144 valence electrons. The van der Waals surface area contributed by atoms with Gasteiger partial charge in [-0.15, -0.1) is 0 Å². The second-order valence-electron chi connectivity index (χ2n) is 7.25. The summed E-state index contributed by atoms with van der Waals surface area (Å²) in [5.41, 5.74) is 0.607. The van der Waals surface area contributed by atoms with Crippen LogP contribution in [0.5, 0.6) is 0 Å². The van der Waals surface area contributed by atoms with Crippen LogP contribution in [-0.2, 0) is 11.8 Å². The van der Waals surface area contributed by atoms with Gasteiger partial charge in [-0.25, -0.2) is 0 Å². The van der Waals surface area contributed by atoms with Crippen LogP contribution >= 0.6 is 0 Å². The lowest BCUT2D eigenvalue weighted by atomic mass is 10.2.